The van der Waals surface area contributed by atoms with Crippen LogP contribution in [0, 0.1) is 6.92 Å². The van der Waals surface area contributed by atoms with Gasteiger partial charge in [0.25, 0.3) is 5.56 Å². The Morgan fingerprint density at radius 1 is 1.11 bits per heavy atom. The van der Waals surface area contributed by atoms with Crippen molar-refractivity contribution in [3.63, 3.8) is 0 Å². The predicted octanol–water partition coefficient (Wildman–Crippen LogP) is 4.54. The lowest BCUT2D eigenvalue weighted by Crippen LogP contribution is -2.22. The van der Waals surface area contributed by atoms with Crippen LogP contribution in [-0.2, 0) is 12.2 Å². The largest absolute Gasteiger partial charge is 0.360 e. The van der Waals surface area contributed by atoms with Crippen LogP contribution in [-0.4, -0.2) is 14.7 Å². The summed E-state index contributed by atoms with van der Waals surface area (Å²) in [4.78, 5) is 18.1. The lowest BCUT2D eigenvalue weighted by atomic mass is 10.1. The van der Waals surface area contributed by atoms with Crippen LogP contribution in [0.4, 0.5) is 0 Å². The monoisotopic (exact) mass is 377 g/mol. The zero-order valence-corrected chi connectivity index (χ0v) is 16.0. The molecular weight excluding hydrogens is 358 g/mol. The van der Waals surface area contributed by atoms with E-state index in [1.807, 2.05) is 61.5 Å². The third-order valence-electron chi connectivity index (χ3n) is 4.38. The van der Waals surface area contributed by atoms with Gasteiger partial charge in [-0.1, -0.05) is 54.2 Å². The van der Waals surface area contributed by atoms with Crippen LogP contribution in [0.3, 0.4) is 0 Å². The van der Waals surface area contributed by atoms with E-state index in [4.69, 9.17) is 9.51 Å². The molecule has 0 saturated carbocycles. The summed E-state index contributed by atoms with van der Waals surface area (Å²) in [5, 5.41) is 5.19. The first-order valence-corrected chi connectivity index (χ1v) is 9.81. The number of nitrogens with zero attached hydrogens (tertiary/aromatic N) is 3. The number of aryl methyl sites for hydroxylation is 2. The van der Waals surface area contributed by atoms with Crippen LogP contribution < -0.4 is 5.56 Å². The van der Waals surface area contributed by atoms with Gasteiger partial charge in [-0.3, -0.25) is 9.36 Å². The summed E-state index contributed by atoms with van der Waals surface area (Å²) in [7, 11) is 0. The Hall–Kier alpha value is -2.86. The van der Waals surface area contributed by atoms with Gasteiger partial charge in [0.2, 0.25) is 0 Å². The van der Waals surface area contributed by atoms with Crippen molar-refractivity contribution in [1.82, 2.24) is 14.7 Å². The van der Waals surface area contributed by atoms with Gasteiger partial charge in [-0.25, -0.2) is 4.98 Å². The Morgan fingerprint density at radius 2 is 1.89 bits per heavy atom. The second-order valence-electron chi connectivity index (χ2n) is 6.26. The van der Waals surface area contributed by atoms with Crippen LogP contribution in [0.25, 0.3) is 16.6 Å². The average molecular weight is 377 g/mol. The highest BCUT2D eigenvalue weighted by atomic mass is 32.2. The number of hydrogen-bond donors (Lipinski definition) is 0. The molecule has 0 aliphatic heterocycles. The second kappa shape index (κ2) is 7.40. The lowest BCUT2D eigenvalue weighted by molar-refractivity contribution is 0.391. The van der Waals surface area contributed by atoms with Crippen LogP contribution in [0.5, 0.6) is 0 Å². The van der Waals surface area contributed by atoms with E-state index in [0.29, 0.717) is 21.8 Å². The Bertz CT molecular complexity index is 1160. The molecule has 0 atom stereocenters. The Balaban J connectivity index is 1.89. The third-order valence-corrected chi connectivity index (χ3v) is 5.34. The number of fused-ring (bicyclic) bond motifs is 1. The maximum atomic E-state index is 13.3. The fraction of sp³-hybridized carbons (Fsp3) is 0.190. The van der Waals surface area contributed by atoms with Gasteiger partial charge < -0.3 is 4.52 Å². The Kier molecular flexibility index (Phi) is 4.81. The SMILES string of the molecule is CCc1ccccc1-n1c(SCc2cc(C)no2)nc2ccccc2c1=O. The molecule has 0 radical (unpaired) electrons. The molecule has 0 aliphatic rings. The van der Waals surface area contributed by atoms with Crippen molar-refractivity contribution in [1.29, 1.82) is 0 Å². The minimum Gasteiger partial charge on any atom is -0.360 e. The molecule has 0 bridgehead atoms. The van der Waals surface area contributed by atoms with E-state index in [1.54, 1.807) is 4.57 Å². The summed E-state index contributed by atoms with van der Waals surface area (Å²) in [6, 6.07) is 17.3. The van der Waals surface area contributed by atoms with E-state index >= 15 is 0 Å². The zero-order chi connectivity index (χ0) is 18.8. The van der Waals surface area contributed by atoms with Crippen LogP contribution in [0.2, 0.25) is 0 Å². The van der Waals surface area contributed by atoms with Crippen molar-refractivity contribution in [2.75, 3.05) is 0 Å². The molecule has 4 rings (SSSR count). The van der Waals surface area contributed by atoms with E-state index in [0.717, 1.165) is 29.1 Å². The molecule has 2 aromatic heterocycles. The van der Waals surface area contributed by atoms with Crippen molar-refractivity contribution in [2.24, 2.45) is 0 Å². The molecule has 5 nitrogen and oxygen atoms in total. The van der Waals surface area contributed by atoms with Gasteiger partial charge in [0.1, 0.15) is 5.76 Å². The molecule has 0 amide bonds. The Morgan fingerprint density at radius 3 is 2.67 bits per heavy atom. The van der Waals surface area contributed by atoms with Gasteiger partial charge in [0.15, 0.2) is 5.16 Å². The third kappa shape index (κ3) is 3.40. The summed E-state index contributed by atoms with van der Waals surface area (Å²) in [5.41, 5.74) is 3.46. The fourth-order valence-electron chi connectivity index (χ4n) is 3.07. The molecule has 2 aromatic carbocycles. The predicted molar refractivity (Wildman–Crippen MR) is 108 cm³/mol. The molecule has 0 saturated heterocycles. The number of para-hydroxylation sites is 2. The zero-order valence-electron chi connectivity index (χ0n) is 15.2. The first-order chi connectivity index (χ1) is 13.2. The highest BCUT2D eigenvalue weighted by molar-refractivity contribution is 7.98. The molecular formula is C21H19N3O2S. The summed E-state index contributed by atoms with van der Waals surface area (Å²) in [6.45, 7) is 3.97. The average Bonchev–Trinajstić information content (AvgIpc) is 3.12. The van der Waals surface area contributed by atoms with Crippen LogP contribution in [0.15, 0.2) is 69.1 Å². The standard InChI is InChI=1S/C21H19N3O2S/c1-3-15-8-4-7-11-19(15)24-20(25)17-9-5-6-10-18(17)22-21(24)27-13-16-12-14(2)23-26-16/h4-12H,3,13H2,1-2H3. The van der Waals surface area contributed by atoms with Gasteiger partial charge in [-0.15, -0.1) is 0 Å². The number of benzene rings is 2. The first-order valence-electron chi connectivity index (χ1n) is 8.82. The molecule has 27 heavy (non-hydrogen) atoms. The van der Waals surface area contributed by atoms with Gasteiger partial charge >= 0.3 is 0 Å². The molecule has 0 unspecified atom stereocenters. The van der Waals surface area contributed by atoms with Crippen LogP contribution in [0.1, 0.15) is 23.9 Å². The summed E-state index contributed by atoms with van der Waals surface area (Å²) < 4.78 is 7.03. The summed E-state index contributed by atoms with van der Waals surface area (Å²) in [6.07, 6.45) is 0.834. The quantitative estimate of drug-likeness (QED) is 0.377. The topological polar surface area (TPSA) is 60.9 Å². The normalized spacial score (nSPS) is 11.2. The van der Waals surface area contributed by atoms with E-state index in [9.17, 15) is 4.79 Å². The summed E-state index contributed by atoms with van der Waals surface area (Å²) in [5.74, 6) is 1.31. The highest BCUT2D eigenvalue weighted by Gasteiger charge is 2.16. The number of aromatic nitrogens is 3. The van der Waals surface area contributed by atoms with E-state index in [-0.39, 0.29) is 5.56 Å². The molecule has 2 heterocycles. The van der Waals surface area contributed by atoms with Crippen molar-refractivity contribution in [3.8, 4) is 5.69 Å². The smallest absolute Gasteiger partial charge is 0.266 e. The molecule has 4 aromatic rings. The molecule has 0 spiro atoms. The van der Waals surface area contributed by atoms with E-state index in [2.05, 4.69) is 12.1 Å². The van der Waals surface area contributed by atoms with Gasteiger partial charge in [0, 0.05) is 6.07 Å². The molecule has 0 aliphatic carbocycles. The molecule has 0 fully saturated rings. The van der Waals surface area contributed by atoms with Crippen molar-refractivity contribution in [3.05, 3.63) is 82.0 Å². The molecule has 136 valence electrons. The fourth-order valence-corrected chi connectivity index (χ4v) is 3.95. The first kappa shape index (κ1) is 17.5. The lowest BCUT2D eigenvalue weighted by Gasteiger charge is -2.15. The van der Waals surface area contributed by atoms with Crippen molar-refractivity contribution < 1.29 is 4.52 Å². The summed E-state index contributed by atoms with van der Waals surface area (Å²) >= 11 is 1.47. The van der Waals surface area contributed by atoms with Crippen LogP contribution >= 0.6 is 11.8 Å². The number of rotatable bonds is 5. The van der Waals surface area contributed by atoms with Gasteiger partial charge in [0.05, 0.1) is 28.0 Å². The van der Waals surface area contributed by atoms with Gasteiger partial charge in [-0.05, 0) is 37.1 Å². The van der Waals surface area contributed by atoms with Crippen molar-refractivity contribution >= 4 is 22.7 Å². The maximum absolute atomic E-state index is 13.3. The maximum Gasteiger partial charge on any atom is 0.266 e. The second-order valence-corrected chi connectivity index (χ2v) is 7.20. The van der Waals surface area contributed by atoms with Crippen molar-refractivity contribution in [2.45, 2.75) is 31.2 Å². The van der Waals surface area contributed by atoms with Gasteiger partial charge in [-0.2, -0.15) is 0 Å². The molecule has 0 N–H and O–H groups in total. The highest BCUT2D eigenvalue weighted by Crippen LogP contribution is 2.26. The number of thioether (sulfide) groups is 1. The molecule has 6 heteroatoms. The number of hydrogen-bond acceptors (Lipinski definition) is 5. The van der Waals surface area contributed by atoms with E-state index < -0.39 is 0 Å². The minimum atomic E-state index is -0.0576. The minimum absolute atomic E-state index is 0.0576. The Labute approximate surface area is 161 Å². The van der Waals surface area contributed by atoms with E-state index in [1.165, 1.54) is 11.8 Å².